The molecule has 0 amide bonds. The Kier molecular flexibility index (Phi) is 6.41. The van der Waals surface area contributed by atoms with Crippen LogP contribution in [0.1, 0.15) is 30.1 Å². The molecule has 0 fully saturated rings. The minimum absolute atomic E-state index is 0.101. The van der Waals surface area contributed by atoms with E-state index in [2.05, 4.69) is 11.3 Å². The summed E-state index contributed by atoms with van der Waals surface area (Å²) in [5.41, 5.74) is 0.337. The molecule has 6 heteroatoms. The Bertz CT molecular complexity index is 549. The van der Waals surface area contributed by atoms with Gasteiger partial charge in [0, 0.05) is 6.54 Å². The first-order chi connectivity index (χ1) is 9.51. The number of hydrogen-bond acceptors (Lipinski definition) is 4. The molecule has 20 heavy (non-hydrogen) atoms. The van der Waals surface area contributed by atoms with Crippen molar-refractivity contribution in [1.29, 1.82) is 0 Å². The number of benzene rings is 1. The predicted molar refractivity (Wildman–Crippen MR) is 77.0 cm³/mol. The summed E-state index contributed by atoms with van der Waals surface area (Å²) in [5.74, 6) is -0.443. The van der Waals surface area contributed by atoms with Crippen LogP contribution < -0.4 is 4.72 Å². The fourth-order valence-corrected chi connectivity index (χ4v) is 2.41. The van der Waals surface area contributed by atoms with E-state index in [0.717, 1.165) is 12.8 Å². The van der Waals surface area contributed by atoms with Crippen LogP contribution in [0, 0.1) is 0 Å². The number of esters is 1. The van der Waals surface area contributed by atoms with Crippen molar-refractivity contribution in [3.63, 3.8) is 0 Å². The van der Waals surface area contributed by atoms with E-state index in [1.807, 2.05) is 6.92 Å². The third kappa shape index (κ3) is 4.79. The lowest BCUT2D eigenvalue weighted by Gasteiger charge is -2.06. The molecule has 0 aliphatic carbocycles. The van der Waals surface area contributed by atoms with Gasteiger partial charge in [-0.2, -0.15) is 0 Å². The lowest BCUT2D eigenvalue weighted by Crippen LogP contribution is -2.23. The molecular weight excluding hydrogens is 278 g/mol. The smallest absolute Gasteiger partial charge is 0.338 e. The molecule has 0 spiro atoms. The summed E-state index contributed by atoms with van der Waals surface area (Å²) in [4.78, 5) is 11.8. The van der Waals surface area contributed by atoms with Gasteiger partial charge in [-0.25, -0.2) is 17.9 Å². The van der Waals surface area contributed by atoms with Crippen molar-refractivity contribution >= 4 is 16.0 Å². The second-order valence-electron chi connectivity index (χ2n) is 4.15. The second-order valence-corrected chi connectivity index (χ2v) is 5.92. The van der Waals surface area contributed by atoms with E-state index in [-0.39, 0.29) is 11.4 Å². The second kappa shape index (κ2) is 7.81. The van der Waals surface area contributed by atoms with Crippen molar-refractivity contribution in [2.45, 2.75) is 24.7 Å². The van der Waals surface area contributed by atoms with Crippen molar-refractivity contribution in [3.05, 3.63) is 42.5 Å². The summed E-state index contributed by atoms with van der Waals surface area (Å²) in [5, 5.41) is 0. The van der Waals surface area contributed by atoms with Crippen molar-refractivity contribution < 1.29 is 17.9 Å². The van der Waals surface area contributed by atoms with Gasteiger partial charge < -0.3 is 4.74 Å². The number of hydrogen-bond donors (Lipinski definition) is 1. The number of carbonyl (C=O) groups is 1. The Morgan fingerprint density at radius 1 is 1.35 bits per heavy atom. The third-order valence-corrected chi connectivity index (χ3v) is 3.99. The van der Waals surface area contributed by atoms with Crippen LogP contribution in [0.15, 0.2) is 41.8 Å². The summed E-state index contributed by atoms with van der Waals surface area (Å²) in [6.45, 7) is 5.97. The van der Waals surface area contributed by atoms with Gasteiger partial charge in [0.05, 0.1) is 17.1 Å². The highest BCUT2D eigenvalue weighted by atomic mass is 32.2. The van der Waals surface area contributed by atoms with E-state index in [1.165, 1.54) is 30.3 Å². The van der Waals surface area contributed by atoms with Gasteiger partial charge in [-0.1, -0.05) is 19.4 Å². The first-order valence-corrected chi connectivity index (χ1v) is 7.87. The van der Waals surface area contributed by atoms with Crippen LogP contribution in [-0.2, 0) is 14.8 Å². The van der Waals surface area contributed by atoms with Crippen LogP contribution in [0.3, 0.4) is 0 Å². The monoisotopic (exact) mass is 297 g/mol. The zero-order valence-electron chi connectivity index (χ0n) is 11.5. The first kappa shape index (κ1) is 16.4. The average Bonchev–Trinajstić information content (AvgIpc) is 2.45. The number of nitrogens with one attached hydrogen (secondary N) is 1. The predicted octanol–water partition coefficient (Wildman–Crippen LogP) is 2.11. The molecule has 0 aliphatic rings. The topological polar surface area (TPSA) is 72.5 Å². The zero-order valence-corrected chi connectivity index (χ0v) is 12.3. The van der Waals surface area contributed by atoms with E-state index in [9.17, 15) is 13.2 Å². The molecule has 0 unspecified atom stereocenters. The van der Waals surface area contributed by atoms with Crippen molar-refractivity contribution in [2.24, 2.45) is 0 Å². The fourth-order valence-electron chi connectivity index (χ4n) is 1.41. The van der Waals surface area contributed by atoms with Crippen LogP contribution in [0.4, 0.5) is 0 Å². The normalized spacial score (nSPS) is 11.1. The molecule has 1 aromatic rings. The molecule has 1 aromatic carbocycles. The van der Waals surface area contributed by atoms with Gasteiger partial charge in [0.15, 0.2) is 0 Å². The number of carbonyl (C=O) groups excluding carboxylic acids is 1. The van der Waals surface area contributed by atoms with E-state index in [0.29, 0.717) is 12.2 Å². The highest BCUT2D eigenvalue weighted by Crippen LogP contribution is 2.11. The van der Waals surface area contributed by atoms with E-state index in [1.54, 1.807) is 0 Å². The van der Waals surface area contributed by atoms with Crippen LogP contribution >= 0.6 is 0 Å². The van der Waals surface area contributed by atoms with E-state index in [4.69, 9.17) is 4.74 Å². The number of unbranched alkanes of at least 4 members (excludes halogenated alkanes) is 1. The van der Waals surface area contributed by atoms with Gasteiger partial charge in [-0.15, -0.1) is 6.58 Å². The number of sulfonamides is 1. The minimum Gasteiger partial charge on any atom is -0.462 e. The van der Waals surface area contributed by atoms with Gasteiger partial charge in [0.2, 0.25) is 10.0 Å². The maximum Gasteiger partial charge on any atom is 0.338 e. The molecule has 0 radical (unpaired) electrons. The van der Waals surface area contributed by atoms with Crippen molar-refractivity contribution in [3.8, 4) is 0 Å². The number of rotatable bonds is 8. The number of ether oxygens (including phenoxy) is 1. The molecule has 0 saturated heterocycles. The van der Waals surface area contributed by atoms with Crippen LogP contribution in [-0.4, -0.2) is 27.5 Å². The molecule has 0 bridgehead atoms. The minimum atomic E-state index is -3.56. The van der Waals surface area contributed by atoms with Gasteiger partial charge >= 0.3 is 5.97 Å². The zero-order chi connectivity index (χ0) is 15.0. The SMILES string of the molecule is C=CCNS(=O)(=O)c1ccc(C(=O)OCCCC)cc1. The third-order valence-electron chi connectivity index (χ3n) is 2.55. The molecule has 0 saturated carbocycles. The van der Waals surface area contributed by atoms with Gasteiger partial charge in [0.1, 0.15) is 0 Å². The molecule has 0 atom stereocenters. The molecule has 0 aliphatic heterocycles. The fraction of sp³-hybridized carbons (Fsp3) is 0.357. The van der Waals surface area contributed by atoms with Crippen LogP contribution in [0.2, 0.25) is 0 Å². The Labute approximate surface area is 119 Å². The van der Waals surface area contributed by atoms with Gasteiger partial charge in [-0.3, -0.25) is 0 Å². The largest absolute Gasteiger partial charge is 0.462 e. The summed E-state index contributed by atoms with van der Waals surface area (Å²) in [6, 6.07) is 5.64. The summed E-state index contributed by atoms with van der Waals surface area (Å²) < 4.78 is 31.0. The summed E-state index contributed by atoms with van der Waals surface area (Å²) in [6.07, 6.45) is 3.21. The Morgan fingerprint density at radius 3 is 2.55 bits per heavy atom. The van der Waals surface area contributed by atoms with E-state index < -0.39 is 16.0 Å². The van der Waals surface area contributed by atoms with E-state index >= 15 is 0 Å². The van der Waals surface area contributed by atoms with Gasteiger partial charge in [0.25, 0.3) is 0 Å². The quantitative estimate of drug-likeness (QED) is 0.453. The highest BCUT2D eigenvalue weighted by molar-refractivity contribution is 7.89. The lowest BCUT2D eigenvalue weighted by molar-refractivity contribution is 0.0499. The molecule has 0 heterocycles. The summed E-state index contributed by atoms with van der Waals surface area (Å²) >= 11 is 0. The molecule has 1 rings (SSSR count). The highest BCUT2D eigenvalue weighted by Gasteiger charge is 2.14. The lowest BCUT2D eigenvalue weighted by atomic mass is 10.2. The van der Waals surface area contributed by atoms with Crippen LogP contribution in [0.5, 0.6) is 0 Å². The maximum atomic E-state index is 11.8. The molecule has 110 valence electrons. The van der Waals surface area contributed by atoms with Gasteiger partial charge in [-0.05, 0) is 30.7 Å². The Hall–Kier alpha value is -1.66. The first-order valence-electron chi connectivity index (χ1n) is 6.39. The molecule has 5 nitrogen and oxygen atoms in total. The Balaban J connectivity index is 2.73. The molecule has 0 aromatic heterocycles. The average molecular weight is 297 g/mol. The van der Waals surface area contributed by atoms with Crippen molar-refractivity contribution in [1.82, 2.24) is 4.72 Å². The van der Waals surface area contributed by atoms with Crippen molar-refractivity contribution in [2.75, 3.05) is 13.2 Å². The molecule has 1 N–H and O–H groups in total. The molecular formula is C14H19NO4S. The maximum absolute atomic E-state index is 11.8. The standard InChI is InChI=1S/C14H19NO4S/c1-3-5-11-19-14(16)12-6-8-13(9-7-12)20(17,18)15-10-4-2/h4,6-9,15H,2-3,5,10-11H2,1H3. The summed E-state index contributed by atoms with van der Waals surface area (Å²) in [7, 11) is -3.56. The van der Waals surface area contributed by atoms with Crippen LogP contribution in [0.25, 0.3) is 0 Å². The Morgan fingerprint density at radius 2 is 2.00 bits per heavy atom.